The summed E-state index contributed by atoms with van der Waals surface area (Å²) in [5.74, 6) is 1.00. The third kappa shape index (κ3) is 5.66. The van der Waals surface area contributed by atoms with E-state index in [4.69, 9.17) is 4.74 Å². The molecule has 35 heavy (non-hydrogen) atoms. The molecule has 10 heteroatoms. The van der Waals surface area contributed by atoms with Gasteiger partial charge in [0.25, 0.3) is 0 Å². The fraction of sp³-hybridized carbons (Fsp3) is 0.440. The summed E-state index contributed by atoms with van der Waals surface area (Å²) in [6, 6.07) is 4.18. The van der Waals surface area contributed by atoms with E-state index < -0.39 is 11.7 Å². The van der Waals surface area contributed by atoms with Crippen molar-refractivity contribution in [1.82, 2.24) is 24.9 Å². The Hall–Kier alpha value is -3.36. The van der Waals surface area contributed by atoms with E-state index >= 15 is 0 Å². The van der Waals surface area contributed by atoms with Gasteiger partial charge in [-0.05, 0) is 50.8 Å². The fourth-order valence-electron chi connectivity index (χ4n) is 3.80. The van der Waals surface area contributed by atoms with Gasteiger partial charge >= 0.3 is 6.18 Å². The van der Waals surface area contributed by atoms with Crippen LogP contribution in [0.5, 0.6) is 0 Å². The topological polar surface area (TPSA) is 76.9 Å². The first-order valence-corrected chi connectivity index (χ1v) is 11.4. The maximum Gasteiger partial charge on any atom is 0.420 e. The van der Waals surface area contributed by atoms with E-state index in [1.807, 2.05) is 25.2 Å². The predicted molar refractivity (Wildman–Crippen MR) is 127 cm³/mol. The molecular formula is C25H27F3N6O. The number of nitrogens with zero attached hydrogens (tertiary/aromatic N) is 6. The maximum atomic E-state index is 12.4. The van der Waals surface area contributed by atoms with Crippen LogP contribution in [-0.2, 0) is 4.74 Å². The molecule has 3 aromatic rings. The molecule has 0 aromatic carbocycles. The van der Waals surface area contributed by atoms with Crippen LogP contribution in [0, 0.1) is 13.8 Å². The van der Waals surface area contributed by atoms with Gasteiger partial charge in [0.2, 0.25) is 0 Å². The Morgan fingerprint density at radius 2 is 1.80 bits per heavy atom. The average Bonchev–Trinajstić information content (AvgIpc) is 2.79. The highest BCUT2D eigenvalue weighted by molar-refractivity contribution is 5.87. The van der Waals surface area contributed by atoms with Gasteiger partial charge in [0.15, 0.2) is 5.65 Å². The summed E-state index contributed by atoms with van der Waals surface area (Å²) in [5.41, 5.74) is 5.90. The van der Waals surface area contributed by atoms with Crippen molar-refractivity contribution < 1.29 is 17.9 Å². The highest BCUT2D eigenvalue weighted by Gasteiger charge is 2.38. The molecule has 0 saturated carbocycles. The summed E-state index contributed by atoms with van der Waals surface area (Å²) in [7, 11) is 4.02. The average molecular weight is 485 g/mol. The molecule has 0 unspecified atom stereocenters. The van der Waals surface area contributed by atoms with Gasteiger partial charge in [-0.3, -0.25) is 0 Å². The van der Waals surface area contributed by atoms with Crippen LogP contribution in [0.25, 0.3) is 16.7 Å². The number of allylic oxidation sites excluding steroid dienone is 1. The highest BCUT2D eigenvalue weighted by atomic mass is 19.4. The lowest BCUT2D eigenvalue weighted by Gasteiger charge is -2.23. The van der Waals surface area contributed by atoms with E-state index in [2.05, 4.69) is 42.8 Å². The Bertz CT molecular complexity index is 1290. The maximum absolute atomic E-state index is 12.4. The molecule has 1 aliphatic carbocycles. The summed E-state index contributed by atoms with van der Waals surface area (Å²) in [5, 5.41) is 0. The minimum Gasteiger partial charge on any atom is -0.374 e. The van der Waals surface area contributed by atoms with Gasteiger partial charge < -0.3 is 9.64 Å². The van der Waals surface area contributed by atoms with Crippen LogP contribution in [0.15, 0.2) is 36.0 Å². The van der Waals surface area contributed by atoms with Crippen molar-refractivity contribution in [2.75, 3.05) is 25.6 Å². The van der Waals surface area contributed by atoms with Crippen LogP contribution in [0.4, 0.5) is 19.0 Å². The Labute approximate surface area is 201 Å². The summed E-state index contributed by atoms with van der Waals surface area (Å²) >= 11 is 0. The van der Waals surface area contributed by atoms with Gasteiger partial charge in [-0.1, -0.05) is 0 Å². The molecule has 1 saturated heterocycles. The summed E-state index contributed by atoms with van der Waals surface area (Å²) in [6.07, 6.45) is 2.49. The number of fused-ring (bicyclic) bond motifs is 1. The van der Waals surface area contributed by atoms with Gasteiger partial charge in [-0.15, -0.1) is 5.73 Å². The zero-order chi connectivity index (χ0) is 25.2. The summed E-state index contributed by atoms with van der Waals surface area (Å²) < 4.78 is 43.1. The molecule has 2 aliphatic rings. The highest BCUT2D eigenvalue weighted by Crippen LogP contribution is 2.39. The smallest absolute Gasteiger partial charge is 0.374 e. The van der Waals surface area contributed by atoms with Gasteiger partial charge in [0.1, 0.15) is 23.4 Å². The number of aromatic nitrogens is 5. The number of hydrogen-bond donors (Lipinski definition) is 0. The second-order valence-electron chi connectivity index (χ2n) is 8.74. The lowest BCUT2D eigenvalue weighted by Crippen LogP contribution is -2.16. The Kier molecular flexibility index (Phi) is 7.14. The monoisotopic (exact) mass is 484 g/mol. The largest absolute Gasteiger partial charge is 0.420 e. The molecule has 1 atom stereocenters. The third-order valence-corrected chi connectivity index (χ3v) is 5.94. The molecule has 4 heterocycles. The van der Waals surface area contributed by atoms with Crippen molar-refractivity contribution in [2.24, 2.45) is 0 Å². The van der Waals surface area contributed by atoms with E-state index in [0.29, 0.717) is 28.1 Å². The Morgan fingerprint density at radius 1 is 1.06 bits per heavy atom. The number of halogens is 3. The van der Waals surface area contributed by atoms with E-state index in [1.165, 1.54) is 24.7 Å². The standard InChI is InChI=1S/C13H9F3N4.C12H18N2O/c1-6-7(2)20-12-11(19-6)10(17-5-18-12)8-3-9(4-8)13(14,15)16;1-14(2)12-9-10(6-7-13-12)11-5-3-4-8-15-11/h5H,3H2,1-2H3;6-7,9,11H,3-5,8H2,1-2H3/t;11-/m.1/s1. The van der Waals surface area contributed by atoms with E-state index in [9.17, 15) is 13.2 Å². The van der Waals surface area contributed by atoms with Crippen LogP contribution in [0.3, 0.4) is 0 Å². The Morgan fingerprint density at radius 3 is 2.46 bits per heavy atom. The lowest BCUT2D eigenvalue weighted by atomic mass is 9.93. The van der Waals surface area contributed by atoms with E-state index in [-0.39, 0.29) is 12.5 Å². The minimum absolute atomic E-state index is 0.204. The molecule has 1 aliphatic heterocycles. The van der Waals surface area contributed by atoms with Crippen molar-refractivity contribution >= 4 is 22.6 Å². The molecule has 0 N–H and O–H groups in total. The number of hydrogen-bond acceptors (Lipinski definition) is 7. The van der Waals surface area contributed by atoms with Gasteiger partial charge in [0.05, 0.1) is 23.1 Å². The minimum atomic E-state index is -4.33. The van der Waals surface area contributed by atoms with E-state index in [1.54, 1.807) is 13.8 Å². The molecule has 0 radical (unpaired) electrons. The normalized spacial score (nSPS) is 17.6. The molecule has 0 bridgehead atoms. The van der Waals surface area contributed by atoms with Gasteiger partial charge in [-0.25, -0.2) is 24.9 Å². The first-order valence-electron chi connectivity index (χ1n) is 11.4. The molecule has 1 fully saturated rings. The van der Waals surface area contributed by atoms with Crippen LogP contribution >= 0.6 is 0 Å². The molecule has 184 valence electrons. The summed E-state index contributed by atoms with van der Waals surface area (Å²) in [4.78, 5) is 22.9. The predicted octanol–water partition coefficient (Wildman–Crippen LogP) is 5.30. The van der Waals surface area contributed by atoms with Crippen molar-refractivity contribution in [3.8, 4) is 0 Å². The zero-order valence-corrected chi connectivity index (χ0v) is 20.1. The van der Waals surface area contributed by atoms with Crippen molar-refractivity contribution in [1.29, 1.82) is 0 Å². The van der Waals surface area contributed by atoms with Crippen molar-refractivity contribution in [3.63, 3.8) is 0 Å². The number of ether oxygens (including phenoxy) is 1. The molecular weight excluding hydrogens is 457 g/mol. The summed E-state index contributed by atoms with van der Waals surface area (Å²) in [6.45, 7) is 4.48. The number of anilines is 1. The molecule has 5 rings (SSSR count). The fourth-order valence-corrected chi connectivity index (χ4v) is 3.80. The van der Waals surface area contributed by atoms with Crippen LogP contribution in [0.1, 0.15) is 54.4 Å². The van der Waals surface area contributed by atoms with Crippen LogP contribution < -0.4 is 4.90 Å². The molecule has 0 spiro atoms. The van der Waals surface area contributed by atoms with Crippen molar-refractivity contribution in [2.45, 2.75) is 51.8 Å². The number of alkyl halides is 3. The zero-order valence-electron chi connectivity index (χ0n) is 20.1. The number of pyridine rings is 1. The third-order valence-electron chi connectivity index (χ3n) is 5.94. The molecule has 7 nitrogen and oxygen atoms in total. The lowest BCUT2D eigenvalue weighted by molar-refractivity contribution is -0.0934. The SMILES string of the molecule is CN(C)c1cc([C@H]2CCCCO2)ccn1.Cc1nc2ncnc(C3=C=C(C(F)(F)F)C3)c2nc1C. The quantitative estimate of drug-likeness (QED) is 0.467. The van der Waals surface area contributed by atoms with E-state index in [0.717, 1.165) is 24.5 Å². The van der Waals surface area contributed by atoms with Gasteiger partial charge in [-0.2, -0.15) is 13.2 Å². The molecule has 3 aromatic heterocycles. The van der Waals surface area contributed by atoms with Crippen LogP contribution in [-0.4, -0.2) is 51.8 Å². The van der Waals surface area contributed by atoms with Crippen LogP contribution in [0.2, 0.25) is 0 Å². The number of aryl methyl sites for hydroxylation is 2. The first kappa shape index (κ1) is 24.8. The van der Waals surface area contributed by atoms with Crippen molar-refractivity contribution in [3.05, 3.63) is 58.6 Å². The second-order valence-corrected chi connectivity index (χ2v) is 8.74. The Balaban J connectivity index is 0.000000172. The first-order chi connectivity index (χ1) is 16.6. The molecule has 0 amide bonds. The number of rotatable bonds is 3. The second kappa shape index (κ2) is 10.1. The van der Waals surface area contributed by atoms with Gasteiger partial charge in [0, 0.05) is 38.9 Å².